The zero-order valence-corrected chi connectivity index (χ0v) is 10.9. The van der Waals surface area contributed by atoms with Gasteiger partial charge in [-0.2, -0.15) is 0 Å². The van der Waals surface area contributed by atoms with E-state index in [0.717, 1.165) is 16.8 Å². The molecule has 19 heavy (non-hydrogen) atoms. The molecule has 2 aromatic rings. The number of aryl methyl sites for hydroxylation is 1. The number of ether oxygens (including phenoxy) is 1. The molecule has 1 aromatic heterocycles. The van der Waals surface area contributed by atoms with Crippen molar-refractivity contribution in [3.05, 3.63) is 59.2 Å². The molecule has 3 nitrogen and oxygen atoms in total. The number of rotatable bonds is 5. The quantitative estimate of drug-likeness (QED) is 0.899. The zero-order chi connectivity index (χ0) is 13.7. The highest BCUT2D eigenvalue weighted by molar-refractivity contribution is 5.35. The van der Waals surface area contributed by atoms with Crippen LogP contribution in [0.25, 0.3) is 0 Å². The molecule has 2 rings (SSSR count). The lowest BCUT2D eigenvalue weighted by Gasteiger charge is -2.12. The highest BCUT2D eigenvalue weighted by Gasteiger charge is 2.10. The largest absolute Gasteiger partial charge is 0.484 e. The molecule has 0 amide bonds. The molecule has 2 N–H and O–H groups in total. The smallest absolute Gasteiger partial charge is 0.165 e. The third-order valence-electron chi connectivity index (χ3n) is 2.93. The van der Waals surface area contributed by atoms with Crippen LogP contribution in [0.1, 0.15) is 16.8 Å². The summed E-state index contributed by atoms with van der Waals surface area (Å²) in [4.78, 5) is 4.23. The highest BCUT2D eigenvalue weighted by Crippen LogP contribution is 2.24. The van der Waals surface area contributed by atoms with Crippen LogP contribution in [0.15, 0.2) is 36.5 Å². The number of halogens is 1. The number of aromatic nitrogens is 1. The van der Waals surface area contributed by atoms with Crippen molar-refractivity contribution >= 4 is 0 Å². The number of pyridine rings is 1. The molecule has 0 atom stereocenters. The summed E-state index contributed by atoms with van der Waals surface area (Å²) in [5.41, 5.74) is 8.15. The summed E-state index contributed by atoms with van der Waals surface area (Å²) in [5.74, 6) is -0.0856. The monoisotopic (exact) mass is 260 g/mol. The second-order valence-electron chi connectivity index (χ2n) is 4.32. The molecule has 0 bridgehead atoms. The van der Waals surface area contributed by atoms with Crippen LogP contribution >= 0.6 is 0 Å². The van der Waals surface area contributed by atoms with Crippen LogP contribution < -0.4 is 10.5 Å². The Morgan fingerprint density at radius 2 is 2.11 bits per heavy atom. The molecule has 0 radical (unpaired) electrons. The van der Waals surface area contributed by atoms with Crippen molar-refractivity contribution in [3.63, 3.8) is 0 Å². The van der Waals surface area contributed by atoms with E-state index in [0.29, 0.717) is 13.0 Å². The van der Waals surface area contributed by atoms with Gasteiger partial charge in [0.25, 0.3) is 0 Å². The highest BCUT2D eigenvalue weighted by atomic mass is 19.1. The van der Waals surface area contributed by atoms with E-state index in [1.165, 1.54) is 6.07 Å². The van der Waals surface area contributed by atoms with Gasteiger partial charge in [-0.1, -0.05) is 18.2 Å². The average molecular weight is 260 g/mol. The van der Waals surface area contributed by atoms with E-state index in [1.54, 1.807) is 12.3 Å². The molecule has 0 spiro atoms. The van der Waals surface area contributed by atoms with Crippen LogP contribution in [0.5, 0.6) is 5.75 Å². The molecule has 100 valence electrons. The van der Waals surface area contributed by atoms with Crippen LogP contribution in [0.4, 0.5) is 4.39 Å². The second-order valence-corrected chi connectivity index (χ2v) is 4.32. The van der Waals surface area contributed by atoms with Gasteiger partial charge in [0.1, 0.15) is 6.61 Å². The van der Waals surface area contributed by atoms with Crippen molar-refractivity contribution in [1.82, 2.24) is 4.98 Å². The van der Waals surface area contributed by atoms with Crippen molar-refractivity contribution in [3.8, 4) is 5.75 Å². The lowest BCUT2D eigenvalue weighted by Crippen LogP contribution is -2.07. The predicted octanol–water partition coefficient (Wildman–Crippen LogP) is 2.61. The van der Waals surface area contributed by atoms with Crippen LogP contribution in [-0.2, 0) is 13.0 Å². The summed E-state index contributed by atoms with van der Waals surface area (Å²) in [6, 6.07) is 8.70. The van der Waals surface area contributed by atoms with Crippen molar-refractivity contribution in [2.45, 2.75) is 20.0 Å². The molecule has 1 heterocycles. The van der Waals surface area contributed by atoms with Gasteiger partial charge < -0.3 is 10.5 Å². The molecular weight excluding hydrogens is 243 g/mol. The van der Waals surface area contributed by atoms with E-state index in [2.05, 4.69) is 4.98 Å². The number of hydrogen-bond acceptors (Lipinski definition) is 3. The Labute approximate surface area is 112 Å². The molecule has 0 aliphatic heterocycles. The van der Waals surface area contributed by atoms with Crippen LogP contribution in [0.3, 0.4) is 0 Å². The third kappa shape index (κ3) is 3.29. The lowest BCUT2D eigenvalue weighted by molar-refractivity contribution is 0.282. The number of hydrogen-bond donors (Lipinski definition) is 1. The first kappa shape index (κ1) is 13.5. The summed E-state index contributed by atoms with van der Waals surface area (Å²) in [7, 11) is 0. The summed E-state index contributed by atoms with van der Waals surface area (Å²) < 4.78 is 19.4. The molecule has 0 unspecified atom stereocenters. The van der Waals surface area contributed by atoms with Gasteiger partial charge in [-0.3, -0.25) is 4.98 Å². The molecule has 0 saturated carbocycles. The van der Waals surface area contributed by atoms with Crippen molar-refractivity contribution in [1.29, 1.82) is 0 Å². The van der Waals surface area contributed by atoms with Crippen LogP contribution in [-0.4, -0.2) is 11.5 Å². The van der Waals surface area contributed by atoms with Crippen molar-refractivity contribution in [2.24, 2.45) is 5.73 Å². The summed E-state index contributed by atoms with van der Waals surface area (Å²) in [6.07, 6.45) is 2.29. The maximum atomic E-state index is 13.8. The Morgan fingerprint density at radius 3 is 2.84 bits per heavy atom. The SMILES string of the molecule is Cc1cccnc1COc1c(F)cccc1CCN. The Hall–Kier alpha value is -1.94. The molecule has 0 aliphatic rings. The minimum Gasteiger partial charge on any atom is -0.484 e. The van der Waals surface area contributed by atoms with Crippen molar-refractivity contribution < 1.29 is 9.13 Å². The van der Waals surface area contributed by atoms with Crippen molar-refractivity contribution in [2.75, 3.05) is 6.54 Å². The van der Waals surface area contributed by atoms with Gasteiger partial charge in [-0.15, -0.1) is 0 Å². The Morgan fingerprint density at radius 1 is 1.26 bits per heavy atom. The van der Waals surface area contributed by atoms with Gasteiger partial charge in [-0.05, 0) is 43.1 Å². The first-order valence-corrected chi connectivity index (χ1v) is 6.23. The standard InChI is InChI=1S/C15H17FN2O/c1-11-4-3-9-18-14(11)10-19-15-12(7-8-17)5-2-6-13(15)16/h2-6,9H,7-8,10,17H2,1H3. The molecular formula is C15H17FN2O. The number of nitrogens with two attached hydrogens (primary N) is 1. The predicted molar refractivity (Wildman–Crippen MR) is 72.5 cm³/mol. The van der Waals surface area contributed by atoms with Gasteiger partial charge >= 0.3 is 0 Å². The molecule has 0 fully saturated rings. The minimum atomic E-state index is -0.362. The normalized spacial score (nSPS) is 10.5. The topological polar surface area (TPSA) is 48.1 Å². The maximum absolute atomic E-state index is 13.8. The van der Waals surface area contributed by atoms with E-state index in [4.69, 9.17) is 10.5 Å². The molecule has 0 saturated heterocycles. The molecule has 1 aromatic carbocycles. The van der Waals surface area contributed by atoms with E-state index >= 15 is 0 Å². The summed E-state index contributed by atoms with van der Waals surface area (Å²) in [6.45, 7) is 2.67. The third-order valence-corrected chi connectivity index (χ3v) is 2.93. The summed E-state index contributed by atoms with van der Waals surface area (Å²) >= 11 is 0. The van der Waals surface area contributed by atoms with Gasteiger partial charge in [0.2, 0.25) is 0 Å². The zero-order valence-electron chi connectivity index (χ0n) is 10.9. The lowest BCUT2D eigenvalue weighted by atomic mass is 10.1. The molecule has 4 heteroatoms. The minimum absolute atomic E-state index is 0.255. The Balaban J connectivity index is 2.17. The maximum Gasteiger partial charge on any atom is 0.165 e. The fraction of sp³-hybridized carbons (Fsp3) is 0.267. The number of nitrogens with zero attached hydrogens (tertiary/aromatic N) is 1. The van der Waals surface area contributed by atoms with Crippen LogP contribution in [0, 0.1) is 12.7 Å². The van der Waals surface area contributed by atoms with Gasteiger partial charge in [0.15, 0.2) is 11.6 Å². The van der Waals surface area contributed by atoms with Crippen LogP contribution in [0.2, 0.25) is 0 Å². The number of para-hydroxylation sites is 1. The summed E-state index contributed by atoms with van der Waals surface area (Å²) in [5, 5.41) is 0. The average Bonchev–Trinajstić information content (AvgIpc) is 2.40. The second kappa shape index (κ2) is 6.29. The molecule has 0 aliphatic carbocycles. The van der Waals surface area contributed by atoms with Gasteiger partial charge in [0, 0.05) is 6.20 Å². The van der Waals surface area contributed by atoms with Gasteiger partial charge in [-0.25, -0.2) is 4.39 Å². The Bertz CT molecular complexity index is 558. The fourth-order valence-electron chi connectivity index (χ4n) is 1.88. The Kier molecular flexibility index (Phi) is 4.47. The van der Waals surface area contributed by atoms with E-state index in [1.807, 2.05) is 25.1 Å². The van der Waals surface area contributed by atoms with E-state index in [9.17, 15) is 4.39 Å². The van der Waals surface area contributed by atoms with E-state index in [-0.39, 0.29) is 18.2 Å². The first-order valence-electron chi connectivity index (χ1n) is 6.23. The fourth-order valence-corrected chi connectivity index (χ4v) is 1.88. The first-order chi connectivity index (χ1) is 9.22. The van der Waals surface area contributed by atoms with Gasteiger partial charge in [0.05, 0.1) is 5.69 Å². The number of benzene rings is 1. The van der Waals surface area contributed by atoms with E-state index < -0.39 is 0 Å².